The molecule has 2 amide bonds. The zero-order chi connectivity index (χ0) is 28.2. The van der Waals surface area contributed by atoms with Crippen molar-refractivity contribution in [3.8, 4) is 17.4 Å². The number of rotatable bonds is 7. The van der Waals surface area contributed by atoms with Gasteiger partial charge in [-0.2, -0.15) is 4.98 Å². The predicted octanol–water partition coefficient (Wildman–Crippen LogP) is 2.17. The molecule has 0 saturated carbocycles. The number of ether oxygens (including phenoxy) is 2. The fourth-order valence-electron chi connectivity index (χ4n) is 5.05. The third-order valence-electron chi connectivity index (χ3n) is 7.05. The molecule has 1 unspecified atom stereocenters. The summed E-state index contributed by atoms with van der Waals surface area (Å²) in [7, 11) is 0. The van der Waals surface area contributed by atoms with Crippen molar-refractivity contribution >= 4 is 17.6 Å². The Hall–Kier alpha value is -5.00. The fraction of sp³-hybridized carbons (Fsp3) is 0.310. The highest BCUT2D eigenvalue weighted by Gasteiger charge is 2.33. The molecular weight excluding hydrogens is 524 g/mol. The summed E-state index contributed by atoms with van der Waals surface area (Å²) in [5, 5.41) is 3.03. The summed E-state index contributed by atoms with van der Waals surface area (Å²) in [5.74, 6) is 2.33. The zero-order valence-electron chi connectivity index (χ0n) is 22.6. The van der Waals surface area contributed by atoms with Gasteiger partial charge in [-0.15, -0.1) is 0 Å². The van der Waals surface area contributed by atoms with Gasteiger partial charge in [0.15, 0.2) is 11.5 Å². The first-order valence-electron chi connectivity index (χ1n) is 13.5. The first-order chi connectivity index (χ1) is 20.0. The number of carbonyl (C=O) groups excluding carboxylic acids is 2. The molecule has 5 heterocycles. The number of hydrogen-bond donors (Lipinski definition) is 1. The number of amides is 2. The molecule has 0 radical (unpaired) electrons. The second-order valence-corrected chi connectivity index (χ2v) is 9.94. The number of aryl methyl sites for hydroxylation is 1. The Morgan fingerprint density at radius 2 is 1.90 bits per heavy atom. The van der Waals surface area contributed by atoms with Crippen LogP contribution in [0.4, 0.5) is 5.82 Å². The fourth-order valence-corrected chi connectivity index (χ4v) is 5.05. The van der Waals surface area contributed by atoms with Crippen molar-refractivity contribution in [3.63, 3.8) is 0 Å². The smallest absolute Gasteiger partial charge is 0.255 e. The Kier molecular flexibility index (Phi) is 7.44. The van der Waals surface area contributed by atoms with E-state index in [2.05, 4.69) is 25.2 Å². The highest BCUT2D eigenvalue weighted by molar-refractivity contribution is 5.94. The molecule has 41 heavy (non-hydrogen) atoms. The minimum absolute atomic E-state index is 0.114. The molecule has 210 valence electrons. The number of nitrogens with zero attached hydrogens (tertiary/aromatic N) is 7. The molecule has 0 aliphatic carbocycles. The molecule has 6 rings (SSSR count). The van der Waals surface area contributed by atoms with Gasteiger partial charge in [0.25, 0.3) is 5.91 Å². The molecule has 1 aromatic carbocycles. The van der Waals surface area contributed by atoms with Crippen LogP contribution in [0.25, 0.3) is 5.95 Å². The van der Waals surface area contributed by atoms with E-state index in [9.17, 15) is 9.59 Å². The Balaban J connectivity index is 1.21. The van der Waals surface area contributed by atoms with Gasteiger partial charge in [-0.1, -0.05) is 6.07 Å². The molecule has 1 atom stereocenters. The summed E-state index contributed by atoms with van der Waals surface area (Å²) in [5.41, 5.74) is 2.21. The van der Waals surface area contributed by atoms with E-state index in [1.807, 2.05) is 31.2 Å². The molecule has 12 nitrogen and oxygen atoms in total. The summed E-state index contributed by atoms with van der Waals surface area (Å²) in [6.45, 7) is 4.62. The van der Waals surface area contributed by atoms with Crippen LogP contribution in [0.1, 0.15) is 28.0 Å². The number of aromatic nitrogens is 5. The van der Waals surface area contributed by atoms with E-state index >= 15 is 0 Å². The molecule has 0 spiro atoms. The second-order valence-electron chi connectivity index (χ2n) is 9.94. The van der Waals surface area contributed by atoms with Crippen molar-refractivity contribution in [1.82, 2.24) is 34.7 Å². The van der Waals surface area contributed by atoms with E-state index in [1.165, 1.54) is 0 Å². The van der Waals surface area contributed by atoms with E-state index in [0.29, 0.717) is 68.2 Å². The zero-order valence-corrected chi connectivity index (χ0v) is 22.6. The standard InChI is InChI=1S/C29H30N8O4/c1-20-13-26(34-29(33-20)36-8-7-31-19-36)37-10-9-35(28(39)22-3-2-6-30-17-22)18-23(37)15-27(38)32-16-21-4-5-24-25(14-21)41-12-11-40-24/h2-8,13-14,17,19,23H,9-12,15-16,18H2,1H3,(H,32,38). The maximum atomic E-state index is 13.3. The van der Waals surface area contributed by atoms with Crippen LogP contribution in [0.3, 0.4) is 0 Å². The Labute approximate surface area is 237 Å². The van der Waals surface area contributed by atoms with Gasteiger partial charge in [0.1, 0.15) is 25.4 Å². The lowest BCUT2D eigenvalue weighted by Gasteiger charge is -2.42. The monoisotopic (exact) mass is 554 g/mol. The van der Waals surface area contributed by atoms with Crippen molar-refractivity contribution in [3.05, 3.63) is 84.3 Å². The Bertz CT molecular complexity index is 1530. The average molecular weight is 555 g/mol. The number of carbonyl (C=O) groups is 2. The van der Waals surface area contributed by atoms with Crippen molar-refractivity contribution < 1.29 is 19.1 Å². The van der Waals surface area contributed by atoms with Crippen LogP contribution in [0.15, 0.2) is 67.5 Å². The van der Waals surface area contributed by atoms with Crippen LogP contribution < -0.4 is 19.7 Å². The van der Waals surface area contributed by atoms with E-state index in [0.717, 1.165) is 11.3 Å². The number of nitrogens with one attached hydrogen (secondary N) is 1. The van der Waals surface area contributed by atoms with Crippen molar-refractivity contribution in [2.75, 3.05) is 37.7 Å². The number of pyridine rings is 1. The van der Waals surface area contributed by atoms with E-state index in [-0.39, 0.29) is 24.3 Å². The minimum atomic E-state index is -0.311. The SMILES string of the molecule is Cc1cc(N2CCN(C(=O)c3cccnc3)CC2CC(=O)NCc2ccc3c(c2)OCCO3)nc(-n2ccnc2)n1. The van der Waals surface area contributed by atoms with E-state index < -0.39 is 0 Å². The second kappa shape index (κ2) is 11.6. The number of piperazine rings is 1. The summed E-state index contributed by atoms with van der Waals surface area (Å²) < 4.78 is 13.0. The van der Waals surface area contributed by atoms with Gasteiger partial charge in [-0.05, 0) is 36.8 Å². The van der Waals surface area contributed by atoms with Crippen LogP contribution in [0.5, 0.6) is 11.5 Å². The summed E-state index contributed by atoms with van der Waals surface area (Å²) in [6, 6.07) is 10.7. The maximum absolute atomic E-state index is 13.3. The summed E-state index contributed by atoms with van der Waals surface area (Å²) >= 11 is 0. The van der Waals surface area contributed by atoms with E-state index in [1.54, 1.807) is 52.7 Å². The van der Waals surface area contributed by atoms with Crippen LogP contribution in [-0.2, 0) is 11.3 Å². The molecule has 0 bridgehead atoms. The lowest BCUT2D eigenvalue weighted by atomic mass is 10.1. The third kappa shape index (κ3) is 5.96. The van der Waals surface area contributed by atoms with Crippen LogP contribution >= 0.6 is 0 Å². The van der Waals surface area contributed by atoms with E-state index in [4.69, 9.17) is 14.5 Å². The Morgan fingerprint density at radius 3 is 2.71 bits per heavy atom. The first kappa shape index (κ1) is 26.2. The molecule has 2 aliphatic rings. The highest BCUT2D eigenvalue weighted by Crippen LogP contribution is 2.30. The quantitative estimate of drug-likeness (QED) is 0.366. The summed E-state index contributed by atoms with van der Waals surface area (Å²) in [6.07, 6.45) is 8.47. The van der Waals surface area contributed by atoms with Crippen molar-refractivity contribution in [2.45, 2.75) is 25.9 Å². The largest absolute Gasteiger partial charge is 0.486 e. The van der Waals surface area contributed by atoms with Crippen molar-refractivity contribution in [1.29, 1.82) is 0 Å². The molecule has 3 aromatic heterocycles. The Morgan fingerprint density at radius 1 is 1.02 bits per heavy atom. The lowest BCUT2D eigenvalue weighted by Crippen LogP contribution is -2.56. The van der Waals surface area contributed by atoms with Gasteiger partial charge in [-0.3, -0.25) is 19.1 Å². The minimum Gasteiger partial charge on any atom is -0.486 e. The average Bonchev–Trinajstić information content (AvgIpc) is 3.55. The molecule has 1 saturated heterocycles. The molecule has 1 N–H and O–H groups in total. The predicted molar refractivity (Wildman–Crippen MR) is 149 cm³/mol. The van der Waals surface area contributed by atoms with Gasteiger partial charge in [0, 0.05) is 69.1 Å². The van der Waals surface area contributed by atoms with Gasteiger partial charge >= 0.3 is 0 Å². The number of anilines is 1. The van der Waals surface area contributed by atoms with Crippen LogP contribution in [0.2, 0.25) is 0 Å². The number of fused-ring (bicyclic) bond motifs is 1. The number of benzene rings is 1. The first-order valence-corrected chi connectivity index (χ1v) is 13.5. The third-order valence-corrected chi connectivity index (χ3v) is 7.05. The lowest BCUT2D eigenvalue weighted by molar-refractivity contribution is -0.121. The molecule has 12 heteroatoms. The normalized spacial score (nSPS) is 16.4. The molecule has 1 fully saturated rings. The van der Waals surface area contributed by atoms with Gasteiger partial charge in [-0.25, -0.2) is 9.97 Å². The van der Waals surface area contributed by atoms with Gasteiger partial charge in [0.05, 0.1) is 11.6 Å². The van der Waals surface area contributed by atoms with Crippen molar-refractivity contribution in [2.24, 2.45) is 0 Å². The molecule has 4 aromatic rings. The number of hydrogen-bond acceptors (Lipinski definition) is 9. The highest BCUT2D eigenvalue weighted by atomic mass is 16.6. The number of imidazole rings is 1. The summed E-state index contributed by atoms with van der Waals surface area (Å²) in [4.78, 5) is 47.9. The molecular formula is C29H30N8O4. The topological polar surface area (TPSA) is 128 Å². The van der Waals surface area contributed by atoms with Crippen LogP contribution in [-0.4, -0.2) is 80.1 Å². The maximum Gasteiger partial charge on any atom is 0.255 e. The molecule has 2 aliphatic heterocycles. The van der Waals surface area contributed by atoms with Gasteiger partial charge < -0.3 is 24.6 Å². The van der Waals surface area contributed by atoms with Crippen LogP contribution in [0, 0.1) is 6.92 Å². The van der Waals surface area contributed by atoms with Gasteiger partial charge in [0.2, 0.25) is 11.9 Å².